The van der Waals surface area contributed by atoms with Gasteiger partial charge in [0.25, 0.3) is 0 Å². The number of carbonyl (C=O) groups excluding carboxylic acids is 1. The van der Waals surface area contributed by atoms with Gasteiger partial charge in [0.15, 0.2) is 5.82 Å². The number of carbonyl (C=O) groups is 1. The Labute approximate surface area is 128 Å². The predicted octanol–water partition coefficient (Wildman–Crippen LogP) is 1.94. The second kappa shape index (κ2) is 6.05. The van der Waals surface area contributed by atoms with Crippen LogP contribution in [0.4, 0.5) is 4.79 Å². The maximum Gasteiger partial charge on any atom is 0.315 e. The largest absolute Gasteiger partial charge is 0.496 e. The SMILES string of the molecule is COc1ccccc1[C@@H](NC(=O)NC1CC1)c1noc(C)n1. The summed E-state index contributed by atoms with van der Waals surface area (Å²) in [7, 11) is 1.58. The molecule has 2 N–H and O–H groups in total. The molecule has 3 rings (SSSR count). The molecule has 1 aromatic carbocycles. The van der Waals surface area contributed by atoms with Crippen LogP contribution in [0.5, 0.6) is 5.75 Å². The first-order valence-electron chi connectivity index (χ1n) is 7.17. The maximum absolute atomic E-state index is 12.1. The third-order valence-corrected chi connectivity index (χ3v) is 3.44. The molecule has 0 saturated heterocycles. The van der Waals surface area contributed by atoms with Crippen molar-refractivity contribution in [2.45, 2.75) is 31.8 Å². The van der Waals surface area contributed by atoms with Crippen LogP contribution in [-0.2, 0) is 0 Å². The molecule has 1 aliphatic rings. The van der Waals surface area contributed by atoms with Gasteiger partial charge in [-0.15, -0.1) is 0 Å². The standard InChI is InChI=1S/C15H18N4O3/c1-9-16-14(19-22-9)13(18-15(20)17-10-7-8-10)11-5-3-4-6-12(11)21-2/h3-6,10,13H,7-8H2,1-2H3,(H2,17,18,20)/t13-/m1/s1. The molecule has 0 radical (unpaired) electrons. The molecule has 0 unspecified atom stereocenters. The number of urea groups is 1. The summed E-state index contributed by atoms with van der Waals surface area (Å²) in [4.78, 5) is 16.3. The van der Waals surface area contributed by atoms with Gasteiger partial charge in [0.1, 0.15) is 11.8 Å². The second-order valence-electron chi connectivity index (χ2n) is 5.24. The average Bonchev–Trinajstić information content (AvgIpc) is 3.23. The summed E-state index contributed by atoms with van der Waals surface area (Å²) in [6.07, 6.45) is 2.04. The lowest BCUT2D eigenvalue weighted by atomic mass is 10.1. The molecule has 1 atom stereocenters. The van der Waals surface area contributed by atoms with Crippen LogP contribution in [0, 0.1) is 6.92 Å². The molecule has 1 aliphatic carbocycles. The number of nitrogens with one attached hydrogen (secondary N) is 2. The Kier molecular flexibility index (Phi) is 3.95. The molecule has 22 heavy (non-hydrogen) atoms. The van der Waals surface area contributed by atoms with Gasteiger partial charge in [0.2, 0.25) is 5.89 Å². The molecule has 116 valence electrons. The molecule has 7 heteroatoms. The van der Waals surface area contributed by atoms with E-state index < -0.39 is 6.04 Å². The number of amides is 2. The van der Waals surface area contributed by atoms with Gasteiger partial charge in [-0.3, -0.25) is 0 Å². The van der Waals surface area contributed by atoms with Crippen LogP contribution in [0.15, 0.2) is 28.8 Å². The highest BCUT2D eigenvalue weighted by Crippen LogP contribution is 2.28. The van der Waals surface area contributed by atoms with Crippen LogP contribution < -0.4 is 15.4 Å². The topological polar surface area (TPSA) is 89.3 Å². The Morgan fingerprint density at radius 3 is 2.82 bits per heavy atom. The molecular formula is C15H18N4O3. The number of benzene rings is 1. The zero-order chi connectivity index (χ0) is 15.5. The zero-order valence-electron chi connectivity index (χ0n) is 12.5. The Hall–Kier alpha value is -2.57. The minimum absolute atomic E-state index is 0.249. The molecular weight excluding hydrogens is 284 g/mol. The fourth-order valence-corrected chi connectivity index (χ4v) is 2.20. The fourth-order valence-electron chi connectivity index (χ4n) is 2.20. The van der Waals surface area contributed by atoms with Crippen LogP contribution in [-0.4, -0.2) is 29.3 Å². The van der Waals surface area contributed by atoms with Gasteiger partial charge in [0.05, 0.1) is 7.11 Å². The molecule has 2 amide bonds. The monoisotopic (exact) mass is 302 g/mol. The Morgan fingerprint density at radius 1 is 1.41 bits per heavy atom. The van der Waals surface area contributed by atoms with Gasteiger partial charge in [-0.25, -0.2) is 4.79 Å². The van der Waals surface area contributed by atoms with Gasteiger partial charge < -0.3 is 19.9 Å². The summed E-state index contributed by atoms with van der Waals surface area (Å²) in [5.41, 5.74) is 0.775. The van der Waals surface area contributed by atoms with Crippen molar-refractivity contribution in [1.29, 1.82) is 0 Å². The van der Waals surface area contributed by atoms with Crippen LogP contribution >= 0.6 is 0 Å². The van der Waals surface area contributed by atoms with Crippen molar-refractivity contribution in [3.63, 3.8) is 0 Å². The lowest BCUT2D eigenvalue weighted by Crippen LogP contribution is -2.39. The smallest absolute Gasteiger partial charge is 0.315 e. The van der Waals surface area contributed by atoms with Crippen molar-refractivity contribution < 1.29 is 14.1 Å². The number of methoxy groups -OCH3 is 1. The van der Waals surface area contributed by atoms with E-state index in [4.69, 9.17) is 9.26 Å². The molecule has 1 aromatic heterocycles. The number of para-hydroxylation sites is 1. The highest BCUT2D eigenvalue weighted by molar-refractivity contribution is 5.75. The van der Waals surface area contributed by atoms with Crippen LogP contribution in [0.2, 0.25) is 0 Å². The summed E-state index contributed by atoms with van der Waals surface area (Å²) in [5.74, 6) is 1.49. The summed E-state index contributed by atoms with van der Waals surface area (Å²) < 4.78 is 10.4. The lowest BCUT2D eigenvalue weighted by molar-refractivity contribution is 0.237. The number of hydrogen-bond donors (Lipinski definition) is 2. The summed E-state index contributed by atoms with van der Waals surface area (Å²) >= 11 is 0. The first kappa shape index (κ1) is 14.4. The minimum Gasteiger partial charge on any atom is -0.496 e. The summed E-state index contributed by atoms with van der Waals surface area (Å²) in [6, 6.07) is 6.92. The quantitative estimate of drug-likeness (QED) is 0.881. The van der Waals surface area contributed by atoms with E-state index in [0.29, 0.717) is 17.5 Å². The van der Waals surface area contributed by atoms with Crippen molar-refractivity contribution in [1.82, 2.24) is 20.8 Å². The van der Waals surface area contributed by atoms with E-state index in [1.54, 1.807) is 14.0 Å². The highest BCUT2D eigenvalue weighted by Gasteiger charge is 2.28. The second-order valence-corrected chi connectivity index (χ2v) is 5.24. The van der Waals surface area contributed by atoms with E-state index in [9.17, 15) is 4.79 Å². The number of aryl methyl sites for hydroxylation is 1. The molecule has 7 nitrogen and oxygen atoms in total. The van der Waals surface area contributed by atoms with Crippen molar-refractivity contribution in [2.75, 3.05) is 7.11 Å². The van der Waals surface area contributed by atoms with Gasteiger partial charge >= 0.3 is 6.03 Å². The molecule has 0 spiro atoms. The first-order chi connectivity index (χ1) is 10.7. The lowest BCUT2D eigenvalue weighted by Gasteiger charge is -2.18. The number of rotatable bonds is 5. The zero-order valence-corrected chi connectivity index (χ0v) is 12.5. The normalized spacial score (nSPS) is 15.2. The maximum atomic E-state index is 12.1. The fraction of sp³-hybridized carbons (Fsp3) is 0.400. The molecule has 0 aliphatic heterocycles. The van der Waals surface area contributed by atoms with Crippen LogP contribution in [0.1, 0.15) is 36.2 Å². The van der Waals surface area contributed by atoms with Crippen molar-refractivity contribution in [2.24, 2.45) is 0 Å². The van der Waals surface area contributed by atoms with Gasteiger partial charge in [-0.05, 0) is 18.9 Å². The van der Waals surface area contributed by atoms with E-state index in [1.807, 2.05) is 24.3 Å². The molecule has 2 aromatic rings. The van der Waals surface area contributed by atoms with Gasteiger partial charge in [-0.2, -0.15) is 4.98 Å². The summed E-state index contributed by atoms with van der Waals surface area (Å²) in [5, 5.41) is 9.72. The minimum atomic E-state index is -0.535. The van der Waals surface area contributed by atoms with E-state index in [0.717, 1.165) is 18.4 Å². The Balaban J connectivity index is 1.89. The Morgan fingerprint density at radius 2 is 2.18 bits per heavy atom. The Bertz CT molecular complexity index is 666. The summed E-state index contributed by atoms with van der Waals surface area (Å²) in [6.45, 7) is 1.71. The van der Waals surface area contributed by atoms with E-state index in [1.165, 1.54) is 0 Å². The number of hydrogen-bond acceptors (Lipinski definition) is 5. The molecule has 1 saturated carbocycles. The molecule has 1 fully saturated rings. The third-order valence-electron chi connectivity index (χ3n) is 3.44. The highest BCUT2D eigenvalue weighted by atomic mass is 16.5. The van der Waals surface area contributed by atoms with Crippen molar-refractivity contribution in [3.8, 4) is 5.75 Å². The van der Waals surface area contributed by atoms with E-state index in [2.05, 4.69) is 20.8 Å². The molecule has 1 heterocycles. The van der Waals surface area contributed by atoms with Gasteiger partial charge in [0, 0.05) is 18.5 Å². The van der Waals surface area contributed by atoms with Crippen LogP contribution in [0.3, 0.4) is 0 Å². The first-order valence-corrected chi connectivity index (χ1v) is 7.17. The van der Waals surface area contributed by atoms with Crippen LogP contribution in [0.25, 0.3) is 0 Å². The third kappa shape index (κ3) is 3.19. The number of aromatic nitrogens is 2. The van der Waals surface area contributed by atoms with E-state index in [-0.39, 0.29) is 12.1 Å². The number of ether oxygens (including phenoxy) is 1. The number of nitrogens with zero attached hydrogens (tertiary/aromatic N) is 2. The van der Waals surface area contributed by atoms with Gasteiger partial charge in [-0.1, -0.05) is 23.4 Å². The van der Waals surface area contributed by atoms with Crippen molar-refractivity contribution in [3.05, 3.63) is 41.5 Å². The predicted molar refractivity (Wildman–Crippen MR) is 78.6 cm³/mol. The average molecular weight is 302 g/mol. The molecule has 0 bridgehead atoms. The van der Waals surface area contributed by atoms with E-state index >= 15 is 0 Å². The van der Waals surface area contributed by atoms with Crippen molar-refractivity contribution >= 4 is 6.03 Å².